The molecule has 2 nitrogen and oxygen atoms in total. The second-order valence-corrected chi connectivity index (χ2v) is 4.41. The number of phenols is 1. The summed E-state index contributed by atoms with van der Waals surface area (Å²) < 4.78 is 0. The van der Waals surface area contributed by atoms with Crippen LogP contribution < -0.4 is 5.32 Å². The minimum Gasteiger partial charge on any atom is -0.508 e. The summed E-state index contributed by atoms with van der Waals surface area (Å²) in [4.78, 5) is 0. The zero-order valence-electron chi connectivity index (χ0n) is 8.75. The highest BCUT2D eigenvalue weighted by molar-refractivity contribution is 5.44. The molecule has 1 atom stereocenters. The summed E-state index contributed by atoms with van der Waals surface area (Å²) in [6, 6.07) is 6.11. The fraction of sp³-hybridized carbons (Fsp3) is 0.500. The number of nitrogens with one attached hydrogen (secondary N) is 1. The Morgan fingerprint density at radius 1 is 1.50 bits per heavy atom. The molecule has 2 heteroatoms. The minimum absolute atomic E-state index is 0.339. The predicted octanol–water partition coefficient (Wildman–Crippen LogP) is 2.58. The molecule has 1 aliphatic rings. The SMILES string of the molecule is CC(C)CC1NCc2cccc(O)c21. The van der Waals surface area contributed by atoms with Crippen LogP contribution in [0, 0.1) is 5.92 Å². The van der Waals surface area contributed by atoms with E-state index in [2.05, 4.69) is 25.2 Å². The van der Waals surface area contributed by atoms with E-state index in [4.69, 9.17) is 0 Å². The van der Waals surface area contributed by atoms with Gasteiger partial charge in [-0.1, -0.05) is 26.0 Å². The van der Waals surface area contributed by atoms with Crippen LogP contribution in [0.2, 0.25) is 0 Å². The monoisotopic (exact) mass is 191 g/mol. The first kappa shape index (κ1) is 9.53. The van der Waals surface area contributed by atoms with E-state index in [1.807, 2.05) is 6.07 Å². The molecule has 1 aliphatic heterocycles. The summed E-state index contributed by atoms with van der Waals surface area (Å²) in [5.41, 5.74) is 2.36. The van der Waals surface area contributed by atoms with Crippen LogP contribution >= 0.6 is 0 Å². The average molecular weight is 191 g/mol. The zero-order valence-corrected chi connectivity index (χ0v) is 8.75. The van der Waals surface area contributed by atoms with E-state index in [0.29, 0.717) is 17.7 Å². The van der Waals surface area contributed by atoms with Crippen LogP contribution in [-0.2, 0) is 6.54 Å². The summed E-state index contributed by atoms with van der Waals surface area (Å²) in [5, 5.41) is 13.2. The normalized spacial score (nSPS) is 20.1. The molecule has 14 heavy (non-hydrogen) atoms. The molecule has 0 bridgehead atoms. The highest BCUT2D eigenvalue weighted by atomic mass is 16.3. The van der Waals surface area contributed by atoms with Gasteiger partial charge in [0, 0.05) is 18.2 Å². The van der Waals surface area contributed by atoms with E-state index < -0.39 is 0 Å². The van der Waals surface area contributed by atoms with Gasteiger partial charge in [0.25, 0.3) is 0 Å². The van der Waals surface area contributed by atoms with Gasteiger partial charge in [0.15, 0.2) is 0 Å². The molecular formula is C12H17NO. The highest BCUT2D eigenvalue weighted by Gasteiger charge is 2.24. The van der Waals surface area contributed by atoms with Crippen molar-refractivity contribution in [3.63, 3.8) is 0 Å². The maximum atomic E-state index is 9.77. The molecule has 2 rings (SSSR count). The Morgan fingerprint density at radius 2 is 2.29 bits per heavy atom. The molecule has 0 fully saturated rings. The van der Waals surface area contributed by atoms with Crippen molar-refractivity contribution in [1.29, 1.82) is 0 Å². The Labute approximate surface area is 85.0 Å². The number of phenolic OH excluding ortho intramolecular Hbond substituents is 1. The quantitative estimate of drug-likeness (QED) is 0.753. The van der Waals surface area contributed by atoms with E-state index in [-0.39, 0.29) is 0 Å². The van der Waals surface area contributed by atoms with Crippen molar-refractivity contribution in [2.45, 2.75) is 32.9 Å². The van der Waals surface area contributed by atoms with E-state index in [1.54, 1.807) is 6.07 Å². The Bertz CT molecular complexity index is 333. The van der Waals surface area contributed by atoms with E-state index in [9.17, 15) is 5.11 Å². The first-order chi connectivity index (χ1) is 6.68. The molecular weight excluding hydrogens is 174 g/mol. The third-order valence-corrected chi connectivity index (χ3v) is 2.77. The van der Waals surface area contributed by atoms with Crippen LogP contribution in [0.15, 0.2) is 18.2 Å². The summed E-state index contributed by atoms with van der Waals surface area (Å²) in [6.45, 7) is 5.31. The molecule has 1 aromatic carbocycles. The molecule has 1 aromatic rings. The van der Waals surface area contributed by atoms with Gasteiger partial charge in [-0.15, -0.1) is 0 Å². The molecule has 0 aromatic heterocycles. The number of aromatic hydroxyl groups is 1. The first-order valence-corrected chi connectivity index (χ1v) is 5.22. The molecule has 76 valence electrons. The molecule has 1 unspecified atom stereocenters. The van der Waals surface area contributed by atoms with Crippen molar-refractivity contribution in [2.24, 2.45) is 5.92 Å². The molecule has 0 amide bonds. The van der Waals surface area contributed by atoms with Gasteiger partial charge in [0.2, 0.25) is 0 Å². The Kier molecular flexibility index (Phi) is 2.46. The number of rotatable bonds is 2. The van der Waals surface area contributed by atoms with Crippen LogP contribution in [0.1, 0.15) is 37.4 Å². The highest BCUT2D eigenvalue weighted by Crippen LogP contribution is 2.35. The van der Waals surface area contributed by atoms with Crippen LogP contribution in [-0.4, -0.2) is 5.11 Å². The lowest BCUT2D eigenvalue weighted by Crippen LogP contribution is -2.14. The van der Waals surface area contributed by atoms with Gasteiger partial charge in [-0.25, -0.2) is 0 Å². The molecule has 0 radical (unpaired) electrons. The standard InChI is InChI=1S/C12H17NO/c1-8(2)6-10-12-9(7-13-10)4-3-5-11(12)14/h3-5,8,10,13-14H,6-7H2,1-2H3. The fourth-order valence-electron chi connectivity index (χ4n) is 2.16. The van der Waals surface area contributed by atoms with Gasteiger partial charge < -0.3 is 10.4 Å². The van der Waals surface area contributed by atoms with E-state index in [1.165, 1.54) is 5.56 Å². The van der Waals surface area contributed by atoms with Gasteiger partial charge in [-0.3, -0.25) is 0 Å². The summed E-state index contributed by atoms with van der Waals surface area (Å²) in [5.74, 6) is 1.09. The van der Waals surface area contributed by atoms with Crippen LogP contribution in [0.3, 0.4) is 0 Å². The lowest BCUT2D eigenvalue weighted by molar-refractivity contribution is 0.425. The maximum absolute atomic E-state index is 9.77. The van der Waals surface area contributed by atoms with Crippen molar-refractivity contribution < 1.29 is 5.11 Å². The molecule has 0 aliphatic carbocycles. The number of hydrogen-bond acceptors (Lipinski definition) is 2. The van der Waals surface area contributed by atoms with Crippen molar-refractivity contribution in [3.05, 3.63) is 29.3 Å². The third kappa shape index (κ3) is 1.62. The molecule has 2 N–H and O–H groups in total. The summed E-state index contributed by atoms with van der Waals surface area (Å²) >= 11 is 0. The van der Waals surface area contributed by atoms with Crippen LogP contribution in [0.25, 0.3) is 0 Å². The molecule has 0 saturated heterocycles. The molecule has 0 saturated carbocycles. The van der Waals surface area contributed by atoms with Crippen LogP contribution in [0.4, 0.5) is 0 Å². The van der Waals surface area contributed by atoms with Gasteiger partial charge in [0.1, 0.15) is 5.75 Å². The average Bonchev–Trinajstić information content (AvgIpc) is 2.49. The van der Waals surface area contributed by atoms with Crippen molar-refractivity contribution in [1.82, 2.24) is 5.32 Å². The van der Waals surface area contributed by atoms with Crippen molar-refractivity contribution >= 4 is 0 Å². The van der Waals surface area contributed by atoms with Crippen LogP contribution in [0.5, 0.6) is 5.75 Å². The number of hydrogen-bond donors (Lipinski definition) is 2. The Hall–Kier alpha value is -1.02. The topological polar surface area (TPSA) is 32.3 Å². The van der Waals surface area contributed by atoms with Gasteiger partial charge >= 0.3 is 0 Å². The zero-order chi connectivity index (χ0) is 10.1. The van der Waals surface area contributed by atoms with Gasteiger partial charge in [0.05, 0.1) is 0 Å². The van der Waals surface area contributed by atoms with Crippen molar-refractivity contribution in [2.75, 3.05) is 0 Å². The van der Waals surface area contributed by atoms with E-state index >= 15 is 0 Å². The number of benzene rings is 1. The second-order valence-electron chi connectivity index (χ2n) is 4.41. The summed E-state index contributed by atoms with van der Waals surface area (Å²) in [7, 11) is 0. The predicted molar refractivity (Wildman–Crippen MR) is 57.1 cm³/mol. The third-order valence-electron chi connectivity index (χ3n) is 2.77. The lowest BCUT2D eigenvalue weighted by atomic mass is 9.96. The van der Waals surface area contributed by atoms with E-state index in [0.717, 1.165) is 18.5 Å². The van der Waals surface area contributed by atoms with Crippen molar-refractivity contribution in [3.8, 4) is 5.75 Å². The van der Waals surface area contributed by atoms with Gasteiger partial charge in [-0.2, -0.15) is 0 Å². The molecule has 0 spiro atoms. The Balaban J connectivity index is 2.29. The lowest BCUT2D eigenvalue weighted by Gasteiger charge is -2.15. The second kappa shape index (κ2) is 3.62. The smallest absolute Gasteiger partial charge is 0.120 e. The minimum atomic E-state index is 0.339. The first-order valence-electron chi connectivity index (χ1n) is 5.22. The summed E-state index contributed by atoms with van der Waals surface area (Å²) in [6.07, 6.45) is 1.09. The number of fused-ring (bicyclic) bond motifs is 1. The Morgan fingerprint density at radius 3 is 3.00 bits per heavy atom. The fourth-order valence-corrected chi connectivity index (χ4v) is 2.16. The largest absolute Gasteiger partial charge is 0.508 e. The molecule has 1 heterocycles. The van der Waals surface area contributed by atoms with Gasteiger partial charge in [-0.05, 0) is 24.0 Å². The maximum Gasteiger partial charge on any atom is 0.120 e.